The van der Waals surface area contributed by atoms with Crippen LogP contribution in [0.5, 0.6) is 5.75 Å². The summed E-state index contributed by atoms with van der Waals surface area (Å²) in [6, 6.07) is 11.1. The number of anilines is 1. The average molecular weight is 426 g/mol. The third kappa shape index (κ3) is 4.80. The van der Waals surface area contributed by atoms with Gasteiger partial charge in [-0.25, -0.2) is 0 Å². The first-order chi connectivity index (χ1) is 14.7. The molecule has 3 heterocycles. The Kier molecular flexibility index (Phi) is 6.60. The van der Waals surface area contributed by atoms with Crippen LogP contribution in [0.4, 0.5) is 5.69 Å². The summed E-state index contributed by atoms with van der Waals surface area (Å²) >= 11 is 1.35. The lowest BCUT2D eigenvalue weighted by atomic mass is 10.2. The summed E-state index contributed by atoms with van der Waals surface area (Å²) in [6.07, 6.45) is 5.65. The summed E-state index contributed by atoms with van der Waals surface area (Å²) in [4.78, 5) is 16.6. The van der Waals surface area contributed by atoms with Gasteiger partial charge in [-0.05, 0) is 37.1 Å². The Morgan fingerprint density at radius 2 is 2.10 bits per heavy atom. The Morgan fingerprint density at radius 3 is 2.87 bits per heavy atom. The van der Waals surface area contributed by atoms with E-state index in [2.05, 4.69) is 20.5 Å². The lowest BCUT2D eigenvalue weighted by Crippen LogP contribution is -2.18. The SMILES string of the molecule is COc1ccccc1NC(=O)CSc1nnc(-c2ccncc2)n1C[C@H]1CCCO1. The van der Waals surface area contributed by atoms with E-state index in [-0.39, 0.29) is 17.8 Å². The van der Waals surface area contributed by atoms with E-state index >= 15 is 0 Å². The van der Waals surface area contributed by atoms with Crippen LogP contribution < -0.4 is 10.1 Å². The maximum atomic E-state index is 12.5. The maximum Gasteiger partial charge on any atom is 0.234 e. The highest BCUT2D eigenvalue weighted by Gasteiger charge is 2.22. The van der Waals surface area contributed by atoms with Gasteiger partial charge >= 0.3 is 0 Å². The van der Waals surface area contributed by atoms with Gasteiger partial charge in [-0.3, -0.25) is 14.3 Å². The quantitative estimate of drug-likeness (QED) is 0.554. The van der Waals surface area contributed by atoms with E-state index in [0.29, 0.717) is 23.1 Å². The number of hydrogen-bond acceptors (Lipinski definition) is 7. The Labute approximate surface area is 179 Å². The zero-order chi connectivity index (χ0) is 20.8. The number of benzene rings is 1. The number of nitrogens with one attached hydrogen (secondary N) is 1. The number of amides is 1. The molecule has 1 aromatic carbocycles. The fraction of sp³-hybridized carbons (Fsp3) is 0.333. The molecule has 8 nitrogen and oxygen atoms in total. The fourth-order valence-electron chi connectivity index (χ4n) is 3.33. The molecule has 9 heteroatoms. The van der Waals surface area contributed by atoms with Crippen LogP contribution in [-0.2, 0) is 16.1 Å². The molecule has 0 radical (unpaired) electrons. The summed E-state index contributed by atoms with van der Waals surface area (Å²) in [5.74, 6) is 1.44. The van der Waals surface area contributed by atoms with Crippen LogP contribution in [0.1, 0.15) is 12.8 Å². The number of rotatable bonds is 8. The molecule has 1 aliphatic rings. The van der Waals surface area contributed by atoms with Crippen molar-refractivity contribution < 1.29 is 14.3 Å². The van der Waals surface area contributed by atoms with Gasteiger partial charge in [0.25, 0.3) is 0 Å². The zero-order valence-corrected chi connectivity index (χ0v) is 17.5. The number of hydrogen-bond donors (Lipinski definition) is 1. The van der Waals surface area contributed by atoms with Crippen molar-refractivity contribution in [3.63, 3.8) is 0 Å². The van der Waals surface area contributed by atoms with Gasteiger partial charge in [-0.1, -0.05) is 23.9 Å². The lowest BCUT2D eigenvalue weighted by molar-refractivity contribution is -0.113. The first kappa shape index (κ1) is 20.4. The average Bonchev–Trinajstić information content (AvgIpc) is 3.44. The Bertz CT molecular complexity index is 989. The number of thioether (sulfide) groups is 1. The second-order valence-corrected chi connectivity index (χ2v) is 7.77. The van der Waals surface area contributed by atoms with Gasteiger partial charge in [-0.2, -0.15) is 0 Å². The molecule has 4 rings (SSSR count). The van der Waals surface area contributed by atoms with Gasteiger partial charge in [0.15, 0.2) is 11.0 Å². The van der Waals surface area contributed by atoms with Crippen LogP contribution in [0.25, 0.3) is 11.4 Å². The Morgan fingerprint density at radius 1 is 1.27 bits per heavy atom. The van der Waals surface area contributed by atoms with Gasteiger partial charge in [0.05, 0.1) is 31.2 Å². The summed E-state index contributed by atoms with van der Waals surface area (Å²) in [7, 11) is 1.58. The molecule has 0 unspecified atom stereocenters. The van der Waals surface area contributed by atoms with Crippen LogP contribution in [0.2, 0.25) is 0 Å². The van der Waals surface area contributed by atoms with Crippen molar-refractivity contribution in [1.29, 1.82) is 0 Å². The zero-order valence-electron chi connectivity index (χ0n) is 16.7. The fourth-order valence-corrected chi connectivity index (χ4v) is 4.08. The number of methoxy groups -OCH3 is 1. The molecule has 1 amide bonds. The molecule has 1 N–H and O–H groups in total. The van der Waals surface area contributed by atoms with E-state index in [1.807, 2.05) is 41.0 Å². The lowest BCUT2D eigenvalue weighted by Gasteiger charge is -2.15. The highest BCUT2D eigenvalue weighted by molar-refractivity contribution is 7.99. The third-order valence-corrected chi connectivity index (χ3v) is 5.75. The van der Waals surface area contributed by atoms with E-state index in [4.69, 9.17) is 9.47 Å². The molecule has 30 heavy (non-hydrogen) atoms. The van der Waals surface area contributed by atoms with Gasteiger partial charge < -0.3 is 14.8 Å². The molecule has 0 saturated carbocycles. The molecule has 2 aromatic heterocycles. The van der Waals surface area contributed by atoms with E-state index in [1.54, 1.807) is 19.5 Å². The Hall–Kier alpha value is -2.91. The topological polar surface area (TPSA) is 91.2 Å². The molecule has 1 atom stereocenters. The molecular formula is C21H23N5O3S. The van der Waals surface area contributed by atoms with Crippen LogP contribution in [0, 0.1) is 0 Å². The van der Waals surface area contributed by atoms with Crippen molar-refractivity contribution in [3.8, 4) is 17.1 Å². The predicted molar refractivity (Wildman–Crippen MR) is 115 cm³/mol. The highest BCUT2D eigenvalue weighted by atomic mass is 32.2. The summed E-state index contributed by atoms with van der Waals surface area (Å²) in [6.45, 7) is 1.43. The monoisotopic (exact) mass is 425 g/mol. The molecule has 156 valence electrons. The third-order valence-electron chi connectivity index (χ3n) is 4.78. The van der Waals surface area contributed by atoms with Gasteiger partial charge in [0, 0.05) is 24.6 Å². The number of para-hydroxylation sites is 2. The van der Waals surface area contributed by atoms with Crippen molar-refractivity contribution in [3.05, 3.63) is 48.8 Å². The number of aromatic nitrogens is 4. The molecule has 0 aliphatic carbocycles. The molecule has 0 spiro atoms. The second-order valence-electron chi connectivity index (χ2n) is 6.82. The van der Waals surface area contributed by atoms with Gasteiger partial charge in [-0.15, -0.1) is 10.2 Å². The van der Waals surface area contributed by atoms with Crippen molar-refractivity contribution in [1.82, 2.24) is 19.7 Å². The second kappa shape index (κ2) is 9.73. The highest BCUT2D eigenvalue weighted by Crippen LogP contribution is 2.27. The van der Waals surface area contributed by atoms with Gasteiger partial charge in [0.1, 0.15) is 5.75 Å². The number of carbonyl (C=O) groups is 1. The van der Waals surface area contributed by atoms with Crippen molar-refractivity contribution in [2.75, 3.05) is 24.8 Å². The molecular weight excluding hydrogens is 402 g/mol. The van der Waals surface area contributed by atoms with E-state index in [9.17, 15) is 4.79 Å². The summed E-state index contributed by atoms with van der Waals surface area (Å²) < 4.78 is 13.1. The predicted octanol–water partition coefficient (Wildman–Crippen LogP) is 3.26. The standard InChI is InChI=1S/C21H23N5O3S/c1-28-18-7-3-2-6-17(18)23-19(27)14-30-21-25-24-20(15-8-10-22-11-9-15)26(21)13-16-5-4-12-29-16/h2-3,6-11,16H,4-5,12-14H2,1H3,(H,23,27)/t16-/m1/s1. The summed E-state index contributed by atoms with van der Waals surface area (Å²) in [5.41, 5.74) is 1.57. The minimum atomic E-state index is -0.137. The van der Waals surface area contributed by atoms with Crippen molar-refractivity contribution >= 4 is 23.4 Å². The van der Waals surface area contributed by atoms with Crippen LogP contribution in [0.3, 0.4) is 0 Å². The molecule has 1 saturated heterocycles. The first-order valence-corrected chi connectivity index (χ1v) is 10.7. The minimum Gasteiger partial charge on any atom is -0.495 e. The van der Waals surface area contributed by atoms with Crippen LogP contribution >= 0.6 is 11.8 Å². The molecule has 1 aliphatic heterocycles. The molecule has 3 aromatic rings. The number of ether oxygens (including phenoxy) is 2. The minimum absolute atomic E-state index is 0.128. The maximum absolute atomic E-state index is 12.5. The van der Waals surface area contributed by atoms with Gasteiger partial charge in [0.2, 0.25) is 5.91 Å². The Balaban J connectivity index is 1.49. The van der Waals surface area contributed by atoms with E-state index in [0.717, 1.165) is 30.8 Å². The van der Waals surface area contributed by atoms with E-state index < -0.39 is 0 Å². The number of carbonyl (C=O) groups excluding carboxylic acids is 1. The normalized spacial score (nSPS) is 15.8. The molecule has 0 bridgehead atoms. The molecule has 1 fully saturated rings. The van der Waals surface area contributed by atoms with Crippen molar-refractivity contribution in [2.24, 2.45) is 0 Å². The first-order valence-electron chi connectivity index (χ1n) is 9.75. The largest absolute Gasteiger partial charge is 0.495 e. The van der Waals surface area contributed by atoms with Crippen LogP contribution in [-0.4, -0.2) is 51.2 Å². The van der Waals surface area contributed by atoms with E-state index in [1.165, 1.54) is 11.8 Å². The smallest absolute Gasteiger partial charge is 0.234 e. The summed E-state index contributed by atoms with van der Waals surface area (Å²) in [5, 5.41) is 12.3. The number of nitrogens with zero attached hydrogens (tertiary/aromatic N) is 4. The van der Waals surface area contributed by atoms with Crippen molar-refractivity contribution in [2.45, 2.75) is 30.6 Å². The van der Waals surface area contributed by atoms with Crippen LogP contribution in [0.15, 0.2) is 53.9 Å². The number of pyridine rings is 1.